The quantitative estimate of drug-likeness (QED) is 0.624. The van der Waals surface area contributed by atoms with Crippen molar-refractivity contribution in [3.63, 3.8) is 0 Å². The van der Waals surface area contributed by atoms with Crippen molar-refractivity contribution in [2.45, 2.75) is 13.3 Å². The van der Waals surface area contributed by atoms with E-state index >= 15 is 0 Å². The molecule has 0 saturated heterocycles. The SMILES string of the molecule is CCc1ccc(C(=O)OCC#Cc2ccccc2)o1. The van der Waals surface area contributed by atoms with Crippen molar-refractivity contribution in [1.82, 2.24) is 0 Å². The van der Waals surface area contributed by atoms with Crippen molar-refractivity contribution in [1.29, 1.82) is 0 Å². The summed E-state index contributed by atoms with van der Waals surface area (Å²) in [6.45, 7) is 2.01. The van der Waals surface area contributed by atoms with Crippen LogP contribution in [0.5, 0.6) is 0 Å². The van der Waals surface area contributed by atoms with Crippen LogP contribution in [-0.4, -0.2) is 12.6 Å². The third-order valence-corrected chi connectivity index (χ3v) is 2.49. The molecule has 0 N–H and O–H groups in total. The van der Waals surface area contributed by atoms with E-state index in [-0.39, 0.29) is 12.4 Å². The van der Waals surface area contributed by atoms with Crippen LogP contribution >= 0.6 is 0 Å². The molecule has 0 bridgehead atoms. The molecule has 0 aliphatic carbocycles. The first-order valence-electron chi connectivity index (χ1n) is 6.09. The fourth-order valence-corrected chi connectivity index (χ4v) is 1.51. The number of carbonyl (C=O) groups excluding carboxylic acids is 1. The van der Waals surface area contributed by atoms with Crippen LogP contribution in [-0.2, 0) is 11.2 Å². The molecule has 19 heavy (non-hydrogen) atoms. The van der Waals surface area contributed by atoms with Crippen LogP contribution in [0, 0.1) is 11.8 Å². The lowest BCUT2D eigenvalue weighted by atomic mass is 10.2. The molecule has 0 saturated carbocycles. The van der Waals surface area contributed by atoms with E-state index in [0.717, 1.165) is 17.7 Å². The third kappa shape index (κ3) is 3.75. The first-order chi connectivity index (χ1) is 9.29. The summed E-state index contributed by atoms with van der Waals surface area (Å²) in [6.07, 6.45) is 0.751. The normalized spacial score (nSPS) is 9.53. The maximum absolute atomic E-state index is 11.6. The molecule has 0 atom stereocenters. The van der Waals surface area contributed by atoms with E-state index in [1.165, 1.54) is 0 Å². The van der Waals surface area contributed by atoms with Gasteiger partial charge in [-0.1, -0.05) is 37.0 Å². The van der Waals surface area contributed by atoms with Gasteiger partial charge in [0.2, 0.25) is 5.76 Å². The van der Waals surface area contributed by atoms with Crippen LogP contribution in [0.2, 0.25) is 0 Å². The van der Waals surface area contributed by atoms with Gasteiger partial charge in [0.15, 0.2) is 6.61 Å². The van der Waals surface area contributed by atoms with E-state index in [0.29, 0.717) is 0 Å². The molecule has 1 aromatic carbocycles. The fourth-order valence-electron chi connectivity index (χ4n) is 1.51. The first-order valence-corrected chi connectivity index (χ1v) is 6.09. The lowest BCUT2D eigenvalue weighted by Gasteiger charge is -1.96. The number of hydrogen-bond donors (Lipinski definition) is 0. The van der Waals surface area contributed by atoms with E-state index in [4.69, 9.17) is 9.15 Å². The highest BCUT2D eigenvalue weighted by Gasteiger charge is 2.11. The molecule has 0 aliphatic rings. The molecule has 2 rings (SSSR count). The lowest BCUT2D eigenvalue weighted by molar-refractivity contribution is 0.0518. The van der Waals surface area contributed by atoms with Crippen LogP contribution in [0.1, 0.15) is 28.8 Å². The second-order valence-corrected chi connectivity index (χ2v) is 3.86. The molecule has 3 nitrogen and oxygen atoms in total. The zero-order chi connectivity index (χ0) is 13.5. The Morgan fingerprint density at radius 2 is 2.00 bits per heavy atom. The number of esters is 1. The Bertz CT molecular complexity index is 600. The summed E-state index contributed by atoms with van der Waals surface area (Å²) < 4.78 is 10.3. The second kappa shape index (κ2) is 6.46. The zero-order valence-corrected chi connectivity index (χ0v) is 10.7. The molecule has 0 amide bonds. The number of ether oxygens (including phenoxy) is 1. The van der Waals surface area contributed by atoms with Gasteiger partial charge in [0.1, 0.15) is 5.76 Å². The van der Waals surface area contributed by atoms with E-state index in [1.807, 2.05) is 37.3 Å². The van der Waals surface area contributed by atoms with E-state index < -0.39 is 5.97 Å². The predicted octanol–water partition coefficient (Wildman–Crippen LogP) is 3.05. The lowest BCUT2D eigenvalue weighted by Crippen LogP contribution is -2.03. The average molecular weight is 254 g/mol. The van der Waals surface area contributed by atoms with Gasteiger partial charge in [0.05, 0.1) is 0 Å². The third-order valence-electron chi connectivity index (χ3n) is 2.49. The molecular weight excluding hydrogens is 240 g/mol. The molecule has 0 unspecified atom stereocenters. The van der Waals surface area contributed by atoms with Crippen molar-refractivity contribution < 1.29 is 13.9 Å². The van der Waals surface area contributed by atoms with Gasteiger partial charge in [-0.2, -0.15) is 0 Å². The molecular formula is C16H14O3. The maximum atomic E-state index is 11.6. The second-order valence-electron chi connectivity index (χ2n) is 3.86. The van der Waals surface area contributed by atoms with E-state index in [9.17, 15) is 4.79 Å². The first kappa shape index (κ1) is 13.0. The molecule has 0 spiro atoms. The number of rotatable bonds is 3. The molecule has 0 radical (unpaired) electrons. The summed E-state index contributed by atoms with van der Waals surface area (Å²) in [5.41, 5.74) is 0.893. The Kier molecular flexibility index (Phi) is 4.41. The molecule has 96 valence electrons. The van der Waals surface area contributed by atoms with Crippen molar-refractivity contribution in [3.05, 3.63) is 59.5 Å². The Morgan fingerprint density at radius 1 is 1.21 bits per heavy atom. The fraction of sp³-hybridized carbons (Fsp3) is 0.188. The molecule has 0 aliphatic heterocycles. The van der Waals surface area contributed by atoms with Gasteiger partial charge >= 0.3 is 5.97 Å². The Balaban J connectivity index is 1.86. The van der Waals surface area contributed by atoms with Gasteiger partial charge in [-0.3, -0.25) is 0 Å². The van der Waals surface area contributed by atoms with Crippen LogP contribution in [0.4, 0.5) is 0 Å². The highest BCUT2D eigenvalue weighted by molar-refractivity contribution is 5.86. The summed E-state index contributed by atoms with van der Waals surface area (Å²) in [6, 6.07) is 12.9. The van der Waals surface area contributed by atoms with Crippen molar-refractivity contribution >= 4 is 5.97 Å². The minimum absolute atomic E-state index is 0.0515. The standard InChI is InChI=1S/C16H14O3/c1-2-14-10-11-15(19-14)16(17)18-12-6-9-13-7-4-3-5-8-13/h3-5,7-8,10-11H,2,12H2,1H3. The summed E-state index contributed by atoms with van der Waals surface area (Å²) >= 11 is 0. The van der Waals surface area contributed by atoms with Gasteiger partial charge in [-0.15, -0.1) is 0 Å². The predicted molar refractivity (Wildman–Crippen MR) is 71.7 cm³/mol. The molecule has 1 aromatic heterocycles. The number of aryl methyl sites for hydroxylation is 1. The van der Waals surface area contributed by atoms with Crippen LogP contribution in [0.15, 0.2) is 46.9 Å². The summed E-state index contributed by atoms with van der Waals surface area (Å²) in [5, 5.41) is 0. The number of carbonyl (C=O) groups is 1. The van der Waals surface area contributed by atoms with Gasteiger partial charge < -0.3 is 9.15 Å². The van der Waals surface area contributed by atoms with Gasteiger partial charge in [-0.05, 0) is 24.3 Å². The number of furan rings is 1. The summed E-state index contributed by atoms with van der Waals surface area (Å²) in [4.78, 5) is 11.6. The Labute approximate surface area is 112 Å². The molecule has 0 fully saturated rings. The van der Waals surface area contributed by atoms with Crippen molar-refractivity contribution in [2.75, 3.05) is 6.61 Å². The monoisotopic (exact) mass is 254 g/mol. The summed E-state index contributed by atoms with van der Waals surface area (Å²) in [7, 11) is 0. The van der Waals surface area contributed by atoms with E-state index in [2.05, 4.69) is 11.8 Å². The topological polar surface area (TPSA) is 39.4 Å². The highest BCUT2D eigenvalue weighted by atomic mass is 16.5. The molecule has 2 aromatic rings. The maximum Gasteiger partial charge on any atom is 0.375 e. The van der Waals surface area contributed by atoms with Crippen molar-refractivity contribution in [2.24, 2.45) is 0 Å². The average Bonchev–Trinajstić information content (AvgIpc) is 2.93. The van der Waals surface area contributed by atoms with Crippen LogP contribution in [0.25, 0.3) is 0 Å². The largest absolute Gasteiger partial charge is 0.454 e. The van der Waals surface area contributed by atoms with Gasteiger partial charge in [0, 0.05) is 12.0 Å². The van der Waals surface area contributed by atoms with Gasteiger partial charge in [0.25, 0.3) is 0 Å². The summed E-state index contributed by atoms with van der Waals surface area (Å²) in [5.74, 6) is 6.20. The minimum Gasteiger partial charge on any atom is -0.454 e. The highest BCUT2D eigenvalue weighted by Crippen LogP contribution is 2.09. The minimum atomic E-state index is -0.484. The van der Waals surface area contributed by atoms with Gasteiger partial charge in [-0.25, -0.2) is 4.79 Å². The Hall–Kier alpha value is -2.47. The number of hydrogen-bond acceptors (Lipinski definition) is 3. The van der Waals surface area contributed by atoms with E-state index in [1.54, 1.807) is 12.1 Å². The Morgan fingerprint density at radius 3 is 2.68 bits per heavy atom. The van der Waals surface area contributed by atoms with Crippen molar-refractivity contribution in [3.8, 4) is 11.8 Å². The smallest absolute Gasteiger partial charge is 0.375 e. The zero-order valence-electron chi connectivity index (χ0n) is 10.7. The molecule has 1 heterocycles. The molecule has 3 heteroatoms. The number of benzene rings is 1. The van der Waals surface area contributed by atoms with Crippen LogP contribution < -0.4 is 0 Å². The van der Waals surface area contributed by atoms with Crippen LogP contribution in [0.3, 0.4) is 0 Å².